The minimum Gasteiger partial charge on any atom is -0.467 e. The van der Waals surface area contributed by atoms with Crippen molar-refractivity contribution in [2.24, 2.45) is 0 Å². The van der Waals surface area contributed by atoms with Gasteiger partial charge in [0.05, 0.1) is 7.11 Å². The smallest absolute Gasteiger partial charge is 0.321 e. The molecule has 0 aromatic carbocycles. The molecule has 20 heavy (non-hydrogen) atoms. The number of nitrogens with zero attached hydrogens (tertiary/aromatic N) is 4. The number of halogens is 1. The molecule has 0 unspecified atom stereocenters. The summed E-state index contributed by atoms with van der Waals surface area (Å²) in [5.41, 5.74) is 0.518. The van der Waals surface area contributed by atoms with Crippen molar-refractivity contribution in [3.63, 3.8) is 0 Å². The topological polar surface area (TPSA) is 93.7 Å². The van der Waals surface area contributed by atoms with Crippen molar-refractivity contribution < 1.29 is 4.74 Å². The average molecular weight is 314 g/mol. The van der Waals surface area contributed by atoms with Crippen molar-refractivity contribution in [1.29, 1.82) is 0 Å². The molecule has 0 radical (unpaired) electrons. The van der Waals surface area contributed by atoms with Crippen LogP contribution in [0.2, 0.25) is 5.28 Å². The van der Waals surface area contributed by atoms with Crippen LogP contribution in [0.1, 0.15) is 19.0 Å². The number of aryl methyl sites for hydroxylation is 1. The summed E-state index contributed by atoms with van der Waals surface area (Å²) in [6.07, 6.45) is 1.64. The van der Waals surface area contributed by atoms with Gasteiger partial charge in [0.15, 0.2) is 5.16 Å². The molecule has 0 atom stereocenters. The van der Waals surface area contributed by atoms with Gasteiger partial charge < -0.3 is 9.72 Å². The SMILES string of the molecule is CCCc1cc(=O)[nH]c(Sc2nc(Cl)nc(OC)n2)n1. The molecule has 2 aromatic rings. The fraction of sp³-hybridized carbons (Fsp3) is 0.364. The Kier molecular flexibility index (Phi) is 4.91. The first kappa shape index (κ1) is 14.7. The van der Waals surface area contributed by atoms with Crippen molar-refractivity contribution in [2.45, 2.75) is 30.1 Å². The number of nitrogens with one attached hydrogen (secondary N) is 1. The highest BCUT2D eigenvalue weighted by molar-refractivity contribution is 7.99. The van der Waals surface area contributed by atoms with E-state index in [1.165, 1.54) is 13.2 Å². The first-order valence-corrected chi connectivity index (χ1v) is 7.04. The molecule has 2 heterocycles. The maximum Gasteiger partial charge on any atom is 0.321 e. The Balaban J connectivity index is 2.29. The van der Waals surface area contributed by atoms with Crippen LogP contribution in [0.25, 0.3) is 0 Å². The quantitative estimate of drug-likeness (QED) is 0.840. The van der Waals surface area contributed by atoms with Crippen LogP contribution in [-0.2, 0) is 6.42 Å². The number of hydrogen-bond acceptors (Lipinski definition) is 7. The van der Waals surface area contributed by atoms with Crippen molar-refractivity contribution in [3.05, 3.63) is 27.4 Å². The molecule has 0 saturated carbocycles. The Hall–Kier alpha value is -1.67. The molecule has 0 aliphatic heterocycles. The van der Waals surface area contributed by atoms with Gasteiger partial charge >= 0.3 is 6.01 Å². The molecule has 0 aliphatic rings. The summed E-state index contributed by atoms with van der Waals surface area (Å²) in [5, 5.41) is 0.732. The molecule has 0 fully saturated rings. The van der Waals surface area contributed by atoms with E-state index in [1.54, 1.807) is 0 Å². The van der Waals surface area contributed by atoms with Gasteiger partial charge in [0.1, 0.15) is 0 Å². The lowest BCUT2D eigenvalue weighted by Gasteiger charge is -2.03. The second-order valence-corrected chi connectivity index (χ2v) is 5.06. The van der Waals surface area contributed by atoms with E-state index < -0.39 is 0 Å². The predicted octanol–water partition coefficient (Wildman–Crippen LogP) is 1.72. The molecular formula is C11H12ClN5O2S. The van der Waals surface area contributed by atoms with Crippen LogP contribution in [0, 0.1) is 0 Å². The molecule has 0 aliphatic carbocycles. The van der Waals surface area contributed by atoms with Crippen LogP contribution >= 0.6 is 23.4 Å². The van der Waals surface area contributed by atoms with Gasteiger partial charge in [-0.05, 0) is 29.8 Å². The van der Waals surface area contributed by atoms with Gasteiger partial charge in [-0.2, -0.15) is 15.0 Å². The minimum absolute atomic E-state index is 0.0198. The number of H-pyrrole nitrogens is 1. The number of ether oxygens (including phenoxy) is 1. The van der Waals surface area contributed by atoms with E-state index in [1.807, 2.05) is 6.92 Å². The Bertz CT molecular complexity index is 664. The van der Waals surface area contributed by atoms with Crippen LogP contribution in [0.3, 0.4) is 0 Å². The second kappa shape index (κ2) is 6.67. The predicted molar refractivity (Wildman–Crippen MR) is 74.4 cm³/mol. The summed E-state index contributed by atoms with van der Waals surface area (Å²) in [4.78, 5) is 30.2. The van der Waals surface area contributed by atoms with Crippen LogP contribution in [0.15, 0.2) is 21.2 Å². The van der Waals surface area contributed by atoms with Gasteiger partial charge in [-0.25, -0.2) is 4.98 Å². The van der Waals surface area contributed by atoms with E-state index in [0.29, 0.717) is 10.3 Å². The Labute approximate surface area is 124 Å². The highest BCUT2D eigenvalue weighted by Gasteiger charge is 2.09. The monoisotopic (exact) mass is 313 g/mol. The number of hydrogen-bond donors (Lipinski definition) is 1. The van der Waals surface area contributed by atoms with Crippen molar-refractivity contribution in [1.82, 2.24) is 24.9 Å². The highest BCUT2D eigenvalue weighted by atomic mass is 35.5. The van der Waals surface area contributed by atoms with E-state index in [4.69, 9.17) is 16.3 Å². The molecule has 0 amide bonds. The fourth-order valence-corrected chi connectivity index (χ4v) is 2.40. The molecule has 0 saturated heterocycles. The maximum absolute atomic E-state index is 11.6. The zero-order valence-corrected chi connectivity index (χ0v) is 12.5. The lowest BCUT2D eigenvalue weighted by atomic mass is 10.2. The van der Waals surface area contributed by atoms with Gasteiger partial charge in [-0.1, -0.05) is 13.3 Å². The van der Waals surface area contributed by atoms with Crippen molar-refractivity contribution in [2.75, 3.05) is 7.11 Å². The summed E-state index contributed by atoms with van der Waals surface area (Å²) in [6, 6.07) is 1.59. The van der Waals surface area contributed by atoms with Crippen LogP contribution in [0.5, 0.6) is 6.01 Å². The van der Waals surface area contributed by atoms with Gasteiger partial charge in [0, 0.05) is 11.8 Å². The summed E-state index contributed by atoms with van der Waals surface area (Å²) in [5.74, 6) is 0. The van der Waals surface area contributed by atoms with E-state index in [-0.39, 0.29) is 16.9 Å². The molecule has 0 spiro atoms. The van der Waals surface area contributed by atoms with Crippen LogP contribution < -0.4 is 10.3 Å². The summed E-state index contributed by atoms with van der Waals surface area (Å²) < 4.78 is 4.91. The molecule has 1 N–H and O–H groups in total. The first-order valence-electron chi connectivity index (χ1n) is 5.84. The van der Waals surface area contributed by atoms with Gasteiger partial charge in [-0.15, -0.1) is 0 Å². The molecule has 9 heteroatoms. The summed E-state index contributed by atoms with van der Waals surface area (Å²) >= 11 is 6.85. The third kappa shape index (κ3) is 3.91. The Morgan fingerprint density at radius 2 is 2.15 bits per heavy atom. The number of methoxy groups -OCH3 is 1. The van der Waals surface area contributed by atoms with Crippen LogP contribution in [-0.4, -0.2) is 32.0 Å². The standard InChI is InChI=1S/C11H12ClN5O2S/c1-3-4-6-5-7(18)14-10(13-6)20-11-16-8(12)15-9(17-11)19-2/h5H,3-4H2,1-2H3,(H,13,14,18). The third-order valence-electron chi connectivity index (χ3n) is 2.22. The molecular weight excluding hydrogens is 302 g/mol. The van der Waals surface area contributed by atoms with E-state index in [2.05, 4.69) is 24.9 Å². The van der Waals surface area contributed by atoms with Crippen molar-refractivity contribution in [3.8, 4) is 6.01 Å². The second-order valence-electron chi connectivity index (χ2n) is 3.77. The number of aromatic amines is 1. The number of aromatic nitrogens is 5. The molecule has 106 valence electrons. The molecule has 2 aromatic heterocycles. The molecule has 0 bridgehead atoms. The zero-order chi connectivity index (χ0) is 14.5. The average Bonchev–Trinajstić information content (AvgIpc) is 2.37. The minimum atomic E-state index is -0.210. The first-order chi connectivity index (χ1) is 9.60. The van der Waals surface area contributed by atoms with Crippen molar-refractivity contribution >= 4 is 23.4 Å². The summed E-state index contributed by atoms with van der Waals surface area (Å²) in [7, 11) is 1.43. The van der Waals surface area contributed by atoms with Gasteiger partial charge in [0.2, 0.25) is 10.4 Å². The van der Waals surface area contributed by atoms with E-state index in [0.717, 1.165) is 30.3 Å². The fourth-order valence-electron chi connectivity index (χ4n) is 1.45. The summed E-state index contributed by atoms with van der Waals surface area (Å²) in [6.45, 7) is 2.02. The van der Waals surface area contributed by atoms with Gasteiger partial charge in [0.25, 0.3) is 5.56 Å². The van der Waals surface area contributed by atoms with Crippen LogP contribution in [0.4, 0.5) is 0 Å². The largest absolute Gasteiger partial charge is 0.467 e. The Morgan fingerprint density at radius 3 is 2.85 bits per heavy atom. The lowest BCUT2D eigenvalue weighted by Crippen LogP contribution is -2.10. The maximum atomic E-state index is 11.6. The Morgan fingerprint density at radius 1 is 1.35 bits per heavy atom. The zero-order valence-electron chi connectivity index (χ0n) is 10.9. The molecule has 7 nitrogen and oxygen atoms in total. The normalized spacial score (nSPS) is 10.6. The van der Waals surface area contributed by atoms with E-state index >= 15 is 0 Å². The van der Waals surface area contributed by atoms with Gasteiger partial charge in [-0.3, -0.25) is 4.79 Å². The highest BCUT2D eigenvalue weighted by Crippen LogP contribution is 2.22. The number of rotatable bonds is 5. The molecule has 2 rings (SSSR count). The third-order valence-corrected chi connectivity index (χ3v) is 3.14. The van der Waals surface area contributed by atoms with E-state index in [9.17, 15) is 4.79 Å². The lowest BCUT2D eigenvalue weighted by molar-refractivity contribution is 0.373.